The zero-order valence-electron chi connectivity index (χ0n) is 22.2. The Morgan fingerprint density at radius 1 is 1.10 bits per heavy atom. The monoisotopic (exact) mass is 572 g/mol. The maximum atomic E-state index is 13.4. The molecule has 0 fully saturated rings. The Hall–Kier alpha value is -5.30. The van der Waals surface area contributed by atoms with Gasteiger partial charge in [0.1, 0.15) is 17.1 Å². The van der Waals surface area contributed by atoms with Crippen LogP contribution in [0.25, 0.3) is 16.5 Å². The molecule has 0 aliphatic rings. The zero-order valence-corrected chi connectivity index (χ0v) is 23.0. The fourth-order valence-electron chi connectivity index (χ4n) is 4.27. The summed E-state index contributed by atoms with van der Waals surface area (Å²) in [5.74, 6) is -0.332. The van der Waals surface area contributed by atoms with E-state index in [1.54, 1.807) is 13.0 Å². The first-order chi connectivity index (χ1) is 19.8. The molecular formula is C28H24N6O6S. The van der Waals surface area contributed by atoms with Crippen LogP contribution in [0.5, 0.6) is 11.5 Å². The molecule has 41 heavy (non-hydrogen) atoms. The molecule has 3 heterocycles. The number of nitrogens with zero attached hydrogens (tertiary/aromatic N) is 4. The van der Waals surface area contributed by atoms with Gasteiger partial charge in [0, 0.05) is 24.1 Å². The molecule has 13 heteroatoms. The number of nitro benzene ring substituents is 1. The second kappa shape index (κ2) is 11.4. The Balaban J connectivity index is 1.57. The van der Waals surface area contributed by atoms with Gasteiger partial charge in [0.2, 0.25) is 5.95 Å². The molecule has 5 aromatic rings. The first kappa shape index (κ1) is 27.3. The number of carbonyl (C=O) groups excluding carboxylic acids is 1. The summed E-state index contributed by atoms with van der Waals surface area (Å²) < 4.78 is 11.7. The van der Waals surface area contributed by atoms with Gasteiger partial charge in [-0.1, -0.05) is 36.4 Å². The Labute approximate surface area is 237 Å². The van der Waals surface area contributed by atoms with Crippen LogP contribution in [-0.2, 0) is 6.42 Å². The van der Waals surface area contributed by atoms with E-state index in [0.29, 0.717) is 23.4 Å². The molecule has 0 saturated carbocycles. The number of carbonyl (C=O) groups is 1. The highest BCUT2D eigenvalue weighted by Gasteiger charge is 2.26. The number of aryl methyl sites for hydroxylation is 1. The van der Waals surface area contributed by atoms with Crippen molar-refractivity contribution in [2.24, 2.45) is 0 Å². The number of aromatic amines is 1. The first-order valence-corrected chi connectivity index (χ1v) is 13.2. The average Bonchev–Trinajstić information content (AvgIpc) is 3.65. The Kier molecular flexibility index (Phi) is 7.61. The van der Waals surface area contributed by atoms with Gasteiger partial charge in [-0.3, -0.25) is 24.7 Å². The predicted octanol–water partition coefficient (Wildman–Crippen LogP) is 4.76. The summed E-state index contributed by atoms with van der Waals surface area (Å²) in [6.45, 7) is 1.73. The highest BCUT2D eigenvalue weighted by atomic mass is 32.1. The number of anilines is 1. The van der Waals surface area contributed by atoms with Crippen molar-refractivity contribution < 1.29 is 19.2 Å². The summed E-state index contributed by atoms with van der Waals surface area (Å²) in [6.07, 6.45) is 0.390. The summed E-state index contributed by atoms with van der Waals surface area (Å²) in [6, 6.07) is 17.2. The van der Waals surface area contributed by atoms with Crippen LogP contribution in [0.3, 0.4) is 0 Å². The normalized spacial score (nSPS) is 10.8. The number of nitro groups is 1. The molecule has 0 spiro atoms. The van der Waals surface area contributed by atoms with E-state index >= 15 is 0 Å². The summed E-state index contributed by atoms with van der Waals surface area (Å²) in [5, 5.41) is 20.9. The van der Waals surface area contributed by atoms with Crippen LogP contribution in [0.15, 0.2) is 70.8 Å². The minimum Gasteiger partial charge on any atom is -0.493 e. The lowest BCUT2D eigenvalue weighted by Crippen LogP contribution is -2.22. The number of ether oxygens (including phenoxy) is 2. The van der Waals surface area contributed by atoms with Crippen LogP contribution in [-0.4, -0.2) is 44.8 Å². The molecule has 2 N–H and O–H groups in total. The van der Waals surface area contributed by atoms with E-state index in [1.165, 1.54) is 36.3 Å². The number of hydrogen-bond donors (Lipinski definition) is 2. The van der Waals surface area contributed by atoms with Crippen molar-refractivity contribution in [2.45, 2.75) is 13.3 Å². The number of methoxy groups -OCH3 is 2. The third-order valence-electron chi connectivity index (χ3n) is 6.30. The quantitative estimate of drug-likeness (QED) is 0.189. The van der Waals surface area contributed by atoms with Gasteiger partial charge in [-0.2, -0.15) is 9.78 Å². The second-order valence-electron chi connectivity index (χ2n) is 8.86. The Morgan fingerprint density at radius 2 is 1.83 bits per heavy atom. The summed E-state index contributed by atoms with van der Waals surface area (Å²) in [7, 11) is 2.70. The van der Waals surface area contributed by atoms with Gasteiger partial charge < -0.3 is 14.8 Å². The van der Waals surface area contributed by atoms with Gasteiger partial charge in [0.15, 0.2) is 11.5 Å². The van der Waals surface area contributed by atoms with Crippen molar-refractivity contribution in [1.82, 2.24) is 19.7 Å². The highest BCUT2D eigenvalue weighted by molar-refractivity contribution is 7.13. The average molecular weight is 573 g/mol. The molecule has 0 aliphatic heterocycles. The van der Waals surface area contributed by atoms with Crippen LogP contribution in [0.1, 0.15) is 27.2 Å². The minimum absolute atomic E-state index is 0.0734. The van der Waals surface area contributed by atoms with Gasteiger partial charge in [-0.25, -0.2) is 4.98 Å². The van der Waals surface area contributed by atoms with Crippen LogP contribution in [0, 0.1) is 17.0 Å². The number of rotatable bonds is 9. The van der Waals surface area contributed by atoms with Crippen molar-refractivity contribution in [3.8, 4) is 28.0 Å². The maximum Gasteiger partial charge on any atom is 0.286 e. The topological polar surface area (TPSA) is 154 Å². The zero-order chi connectivity index (χ0) is 29.1. The van der Waals surface area contributed by atoms with Crippen LogP contribution >= 0.6 is 11.3 Å². The number of H-pyrrole nitrogens is 1. The third kappa shape index (κ3) is 5.56. The number of hydrogen-bond acceptors (Lipinski definition) is 9. The van der Waals surface area contributed by atoms with Gasteiger partial charge in [-0.05, 0) is 23.9 Å². The van der Waals surface area contributed by atoms with Crippen LogP contribution in [0.4, 0.5) is 11.5 Å². The molecule has 0 unspecified atom stereocenters. The third-order valence-corrected chi connectivity index (χ3v) is 7.19. The molecule has 0 atom stereocenters. The van der Waals surface area contributed by atoms with E-state index in [-0.39, 0.29) is 34.4 Å². The molecule has 0 radical (unpaired) electrons. The molecule has 1 amide bonds. The van der Waals surface area contributed by atoms with E-state index in [2.05, 4.69) is 20.4 Å². The molecule has 0 bridgehead atoms. The number of aromatic nitrogens is 4. The van der Waals surface area contributed by atoms with Gasteiger partial charge in [-0.15, -0.1) is 11.3 Å². The molecule has 5 rings (SSSR count). The second-order valence-corrected chi connectivity index (χ2v) is 9.80. The van der Waals surface area contributed by atoms with Crippen LogP contribution in [0.2, 0.25) is 0 Å². The predicted molar refractivity (Wildman–Crippen MR) is 153 cm³/mol. The van der Waals surface area contributed by atoms with E-state index in [9.17, 15) is 19.7 Å². The standard InChI is InChI=1S/C28H24N6O6S/c1-16-18(12-17-8-5-4-6-9-17)26(35)31-28(29-16)33-25(14-20(32-33)24-10-7-11-41-24)30-27(36)19-13-22(39-2)23(40-3)15-21(19)34(37)38/h4-11,13-15H,12H2,1-3H3,(H,30,36)(H,29,31,35). The number of nitrogens with one attached hydrogen (secondary N) is 2. The largest absolute Gasteiger partial charge is 0.493 e. The number of thiophene rings is 1. The van der Waals surface area contributed by atoms with E-state index < -0.39 is 16.5 Å². The van der Waals surface area contributed by atoms with E-state index in [0.717, 1.165) is 16.5 Å². The van der Waals surface area contributed by atoms with Crippen molar-refractivity contribution in [3.63, 3.8) is 0 Å². The van der Waals surface area contributed by atoms with Crippen molar-refractivity contribution in [3.05, 3.63) is 109 Å². The lowest BCUT2D eigenvalue weighted by molar-refractivity contribution is -0.385. The minimum atomic E-state index is -0.795. The molecule has 0 aliphatic carbocycles. The lowest BCUT2D eigenvalue weighted by Gasteiger charge is -2.12. The Morgan fingerprint density at radius 3 is 2.46 bits per heavy atom. The van der Waals surface area contributed by atoms with Crippen molar-refractivity contribution in [1.29, 1.82) is 0 Å². The molecule has 3 aromatic heterocycles. The van der Waals surface area contributed by atoms with E-state index in [4.69, 9.17) is 9.47 Å². The fourth-order valence-corrected chi connectivity index (χ4v) is 4.95. The van der Waals surface area contributed by atoms with Gasteiger partial charge >= 0.3 is 0 Å². The fraction of sp³-hybridized carbons (Fsp3) is 0.143. The van der Waals surface area contributed by atoms with Gasteiger partial charge in [0.05, 0.1) is 35.8 Å². The maximum absolute atomic E-state index is 13.4. The smallest absolute Gasteiger partial charge is 0.286 e. The summed E-state index contributed by atoms with van der Waals surface area (Å²) in [4.78, 5) is 45.9. The molecule has 208 valence electrons. The summed E-state index contributed by atoms with van der Waals surface area (Å²) in [5.41, 5.74) is 1.37. The number of amides is 1. The summed E-state index contributed by atoms with van der Waals surface area (Å²) >= 11 is 1.43. The molecular weight excluding hydrogens is 548 g/mol. The SMILES string of the molecule is COc1cc(C(=O)Nc2cc(-c3cccs3)nn2-c2nc(C)c(Cc3ccccc3)c(=O)[nH]2)c([N+](=O)[O-])cc1OC. The molecule has 12 nitrogen and oxygen atoms in total. The van der Waals surface area contributed by atoms with Gasteiger partial charge in [0.25, 0.3) is 17.2 Å². The lowest BCUT2D eigenvalue weighted by atomic mass is 10.1. The highest BCUT2D eigenvalue weighted by Crippen LogP contribution is 2.35. The van der Waals surface area contributed by atoms with Crippen molar-refractivity contribution in [2.75, 3.05) is 19.5 Å². The van der Waals surface area contributed by atoms with Crippen LogP contribution < -0.4 is 20.3 Å². The van der Waals surface area contributed by atoms with Crippen molar-refractivity contribution >= 4 is 28.7 Å². The molecule has 2 aromatic carbocycles. The Bertz CT molecular complexity index is 1800. The number of benzene rings is 2. The molecule has 0 saturated heterocycles. The first-order valence-electron chi connectivity index (χ1n) is 12.3. The van der Waals surface area contributed by atoms with E-state index in [1.807, 2.05) is 47.8 Å².